The SMILES string of the molecule is COc1ccc(S(=O)(=O)NCCC(C)N)cc1[N+](=O)[O-]. The predicted molar refractivity (Wildman–Crippen MR) is 73.1 cm³/mol. The second-order valence-electron chi connectivity index (χ2n) is 4.25. The average Bonchev–Trinajstić information content (AvgIpc) is 2.37. The summed E-state index contributed by atoms with van der Waals surface area (Å²) in [5, 5.41) is 10.9. The van der Waals surface area contributed by atoms with Crippen LogP contribution in [0.3, 0.4) is 0 Å². The molecule has 0 radical (unpaired) electrons. The van der Waals surface area contributed by atoms with E-state index in [2.05, 4.69) is 4.72 Å². The Morgan fingerprint density at radius 3 is 2.65 bits per heavy atom. The molecule has 0 bridgehead atoms. The fourth-order valence-corrected chi connectivity index (χ4v) is 2.55. The van der Waals surface area contributed by atoms with Gasteiger partial charge in [-0.2, -0.15) is 0 Å². The highest BCUT2D eigenvalue weighted by molar-refractivity contribution is 7.89. The number of nitrogens with two attached hydrogens (primary N) is 1. The topological polar surface area (TPSA) is 125 Å². The van der Waals surface area contributed by atoms with E-state index in [1.54, 1.807) is 6.92 Å². The highest BCUT2D eigenvalue weighted by atomic mass is 32.2. The monoisotopic (exact) mass is 303 g/mol. The van der Waals surface area contributed by atoms with Gasteiger partial charge in [-0.05, 0) is 25.5 Å². The summed E-state index contributed by atoms with van der Waals surface area (Å²) in [6.45, 7) is 1.92. The zero-order chi connectivity index (χ0) is 15.3. The summed E-state index contributed by atoms with van der Waals surface area (Å²) in [6.07, 6.45) is 0.470. The fourth-order valence-electron chi connectivity index (χ4n) is 1.48. The Morgan fingerprint density at radius 2 is 2.15 bits per heavy atom. The van der Waals surface area contributed by atoms with Gasteiger partial charge < -0.3 is 10.5 Å². The number of nitrogens with zero attached hydrogens (tertiary/aromatic N) is 1. The Labute approximate surface area is 117 Å². The van der Waals surface area contributed by atoms with Crippen LogP contribution in [0.5, 0.6) is 5.75 Å². The molecule has 0 aliphatic carbocycles. The highest BCUT2D eigenvalue weighted by Gasteiger charge is 2.21. The van der Waals surface area contributed by atoms with E-state index < -0.39 is 20.6 Å². The quantitative estimate of drug-likeness (QED) is 0.562. The van der Waals surface area contributed by atoms with Crippen LogP contribution in [0.2, 0.25) is 0 Å². The van der Waals surface area contributed by atoms with E-state index >= 15 is 0 Å². The van der Waals surface area contributed by atoms with Gasteiger partial charge in [-0.1, -0.05) is 0 Å². The zero-order valence-corrected chi connectivity index (χ0v) is 12.0. The molecule has 20 heavy (non-hydrogen) atoms. The molecular formula is C11H17N3O5S. The molecule has 0 saturated heterocycles. The minimum atomic E-state index is -3.80. The van der Waals surface area contributed by atoms with Gasteiger partial charge in [-0.15, -0.1) is 0 Å². The van der Waals surface area contributed by atoms with Crippen LogP contribution in [0.25, 0.3) is 0 Å². The summed E-state index contributed by atoms with van der Waals surface area (Å²) in [7, 11) is -2.53. The predicted octanol–water partition coefficient (Wildman–Crippen LogP) is 0.619. The van der Waals surface area contributed by atoms with Crippen LogP contribution in [0.1, 0.15) is 13.3 Å². The standard InChI is InChI=1S/C11H17N3O5S/c1-8(12)5-6-13-20(17,18)9-3-4-11(19-2)10(7-9)14(15)16/h3-4,7-8,13H,5-6,12H2,1-2H3. The second-order valence-corrected chi connectivity index (χ2v) is 6.02. The number of ether oxygens (including phenoxy) is 1. The summed E-state index contributed by atoms with van der Waals surface area (Å²) in [5.74, 6) is 0.00419. The van der Waals surface area contributed by atoms with Crippen LogP contribution in [0, 0.1) is 10.1 Å². The van der Waals surface area contributed by atoms with E-state index in [4.69, 9.17) is 10.5 Å². The number of benzene rings is 1. The second kappa shape index (κ2) is 6.64. The summed E-state index contributed by atoms with van der Waals surface area (Å²) < 4.78 is 31.1. The molecule has 9 heteroatoms. The Hall–Kier alpha value is -1.71. The van der Waals surface area contributed by atoms with E-state index in [1.165, 1.54) is 19.2 Å². The molecule has 1 rings (SSSR count). The summed E-state index contributed by atoms with van der Waals surface area (Å²) >= 11 is 0. The minimum absolute atomic E-state index is 0.00419. The van der Waals surface area contributed by atoms with Crippen LogP contribution in [0.4, 0.5) is 5.69 Å². The van der Waals surface area contributed by atoms with Crippen LogP contribution in [0.15, 0.2) is 23.1 Å². The lowest BCUT2D eigenvalue weighted by atomic mass is 10.3. The van der Waals surface area contributed by atoms with Crippen LogP contribution in [-0.4, -0.2) is 33.0 Å². The molecule has 1 aromatic carbocycles. The average molecular weight is 303 g/mol. The molecule has 0 amide bonds. The summed E-state index contributed by atoms with van der Waals surface area (Å²) in [4.78, 5) is 9.98. The third-order valence-electron chi connectivity index (χ3n) is 2.55. The van der Waals surface area contributed by atoms with Crippen molar-refractivity contribution in [3.05, 3.63) is 28.3 Å². The maximum atomic E-state index is 12.0. The smallest absolute Gasteiger partial charge is 0.312 e. The van der Waals surface area contributed by atoms with E-state index in [0.717, 1.165) is 6.07 Å². The minimum Gasteiger partial charge on any atom is -0.490 e. The molecule has 1 atom stereocenters. The first-order valence-corrected chi connectivity index (χ1v) is 7.34. The number of sulfonamides is 1. The first-order valence-electron chi connectivity index (χ1n) is 5.85. The van der Waals surface area contributed by atoms with Crippen molar-refractivity contribution in [2.75, 3.05) is 13.7 Å². The summed E-state index contributed by atoms with van der Waals surface area (Å²) in [5.41, 5.74) is 5.12. The largest absolute Gasteiger partial charge is 0.490 e. The van der Waals surface area contributed by atoms with Crippen molar-refractivity contribution < 1.29 is 18.1 Å². The van der Waals surface area contributed by atoms with Crippen molar-refractivity contribution in [3.63, 3.8) is 0 Å². The maximum Gasteiger partial charge on any atom is 0.312 e. The molecule has 0 aliphatic heterocycles. The lowest BCUT2D eigenvalue weighted by Crippen LogP contribution is -2.29. The molecular weight excluding hydrogens is 286 g/mol. The van der Waals surface area contributed by atoms with Gasteiger partial charge in [-0.3, -0.25) is 10.1 Å². The third kappa shape index (κ3) is 4.15. The van der Waals surface area contributed by atoms with Gasteiger partial charge >= 0.3 is 5.69 Å². The number of nitro benzene ring substituents is 1. The molecule has 0 aliphatic rings. The van der Waals surface area contributed by atoms with Gasteiger partial charge in [0, 0.05) is 18.7 Å². The van der Waals surface area contributed by atoms with Crippen LogP contribution >= 0.6 is 0 Å². The Kier molecular flexibility index (Phi) is 5.43. The van der Waals surface area contributed by atoms with Crippen molar-refractivity contribution in [1.29, 1.82) is 0 Å². The highest BCUT2D eigenvalue weighted by Crippen LogP contribution is 2.29. The molecule has 0 heterocycles. The Balaban J connectivity index is 3.01. The molecule has 0 aromatic heterocycles. The van der Waals surface area contributed by atoms with Gasteiger partial charge in [0.1, 0.15) is 0 Å². The van der Waals surface area contributed by atoms with Gasteiger partial charge in [0.25, 0.3) is 0 Å². The Morgan fingerprint density at radius 1 is 1.50 bits per heavy atom. The molecule has 0 saturated carbocycles. The van der Waals surface area contributed by atoms with Gasteiger partial charge in [-0.25, -0.2) is 13.1 Å². The van der Waals surface area contributed by atoms with Gasteiger partial charge in [0.05, 0.1) is 16.9 Å². The van der Waals surface area contributed by atoms with Crippen LogP contribution in [-0.2, 0) is 10.0 Å². The molecule has 1 aromatic rings. The lowest BCUT2D eigenvalue weighted by Gasteiger charge is -2.09. The number of nitro groups is 1. The summed E-state index contributed by atoms with van der Waals surface area (Å²) in [6, 6.07) is 3.33. The molecule has 0 spiro atoms. The molecule has 3 N–H and O–H groups in total. The Bertz CT molecular complexity index is 586. The molecule has 0 fully saturated rings. The number of hydrogen-bond acceptors (Lipinski definition) is 6. The van der Waals surface area contributed by atoms with Gasteiger partial charge in [0.15, 0.2) is 5.75 Å². The van der Waals surface area contributed by atoms with Crippen molar-refractivity contribution in [1.82, 2.24) is 4.72 Å². The fraction of sp³-hybridized carbons (Fsp3) is 0.455. The van der Waals surface area contributed by atoms with Crippen molar-refractivity contribution in [2.24, 2.45) is 5.73 Å². The number of rotatable bonds is 7. The first-order chi connectivity index (χ1) is 9.27. The van der Waals surface area contributed by atoms with Crippen molar-refractivity contribution in [2.45, 2.75) is 24.3 Å². The maximum absolute atomic E-state index is 12.0. The molecule has 8 nitrogen and oxygen atoms in total. The van der Waals surface area contributed by atoms with E-state index in [9.17, 15) is 18.5 Å². The van der Waals surface area contributed by atoms with Crippen LogP contribution < -0.4 is 15.2 Å². The number of nitrogens with one attached hydrogen (secondary N) is 1. The zero-order valence-electron chi connectivity index (χ0n) is 11.2. The molecule has 112 valence electrons. The first kappa shape index (κ1) is 16.3. The number of hydrogen-bond donors (Lipinski definition) is 2. The lowest BCUT2D eigenvalue weighted by molar-refractivity contribution is -0.386. The van der Waals surface area contributed by atoms with E-state index in [1.807, 2.05) is 0 Å². The van der Waals surface area contributed by atoms with Gasteiger partial charge in [0.2, 0.25) is 10.0 Å². The normalized spacial score (nSPS) is 12.9. The van der Waals surface area contributed by atoms with Crippen molar-refractivity contribution in [3.8, 4) is 5.75 Å². The number of methoxy groups -OCH3 is 1. The van der Waals surface area contributed by atoms with E-state index in [-0.39, 0.29) is 23.2 Å². The van der Waals surface area contributed by atoms with Crippen molar-refractivity contribution >= 4 is 15.7 Å². The van der Waals surface area contributed by atoms with E-state index in [0.29, 0.717) is 6.42 Å². The third-order valence-corrected chi connectivity index (χ3v) is 4.01. The molecule has 1 unspecified atom stereocenters.